The molecule has 0 fully saturated rings. The van der Waals surface area contributed by atoms with Crippen molar-refractivity contribution in [2.45, 2.75) is 46.7 Å². The number of aryl methyl sites for hydroxylation is 2. The topological polar surface area (TPSA) is 72.9 Å². The molecule has 0 aliphatic rings. The van der Waals surface area contributed by atoms with Gasteiger partial charge in [-0.25, -0.2) is 0 Å². The van der Waals surface area contributed by atoms with E-state index in [9.17, 15) is 4.79 Å². The summed E-state index contributed by atoms with van der Waals surface area (Å²) in [6.07, 6.45) is 0.887. The van der Waals surface area contributed by atoms with E-state index in [1.165, 1.54) is 0 Å². The minimum absolute atomic E-state index is 0. The van der Waals surface area contributed by atoms with Gasteiger partial charge in [-0.1, -0.05) is 26.0 Å². The van der Waals surface area contributed by atoms with Crippen LogP contribution in [-0.2, 0) is 6.54 Å². The maximum absolute atomic E-state index is 12.3. The van der Waals surface area contributed by atoms with E-state index in [-0.39, 0.29) is 24.4 Å². The lowest BCUT2D eigenvalue weighted by Crippen LogP contribution is -2.41. The van der Waals surface area contributed by atoms with Crippen LogP contribution in [-0.4, -0.2) is 28.3 Å². The van der Waals surface area contributed by atoms with E-state index in [1.807, 2.05) is 42.8 Å². The van der Waals surface area contributed by atoms with Crippen molar-refractivity contribution in [3.05, 3.63) is 52.8 Å². The number of rotatable bonds is 7. The van der Waals surface area contributed by atoms with Gasteiger partial charge in [0.25, 0.3) is 5.91 Å². The Morgan fingerprint density at radius 1 is 1.24 bits per heavy atom. The summed E-state index contributed by atoms with van der Waals surface area (Å²) in [7, 11) is 0. The van der Waals surface area contributed by atoms with E-state index in [0.29, 0.717) is 24.6 Å². The van der Waals surface area contributed by atoms with E-state index in [2.05, 4.69) is 30.3 Å². The summed E-state index contributed by atoms with van der Waals surface area (Å²) >= 11 is 0. The summed E-state index contributed by atoms with van der Waals surface area (Å²) in [4.78, 5) is 12.3. The van der Waals surface area contributed by atoms with E-state index in [4.69, 9.17) is 5.73 Å². The van der Waals surface area contributed by atoms with E-state index < -0.39 is 0 Å². The Hall–Kier alpha value is -1.85. The molecule has 1 aromatic heterocycles. The Morgan fingerprint density at radius 3 is 2.36 bits per heavy atom. The molecule has 138 valence electrons. The third-order valence-electron chi connectivity index (χ3n) is 4.03. The fourth-order valence-corrected chi connectivity index (χ4v) is 2.82. The van der Waals surface area contributed by atoms with Gasteiger partial charge in [-0.05, 0) is 49.9 Å². The third kappa shape index (κ3) is 6.18. The maximum atomic E-state index is 12.3. The SMILES string of the molecule is Cc1cc(C)n(Cc2ccc(C(=O)NC(CN)CC(C)C)cc2)n1.Cl. The number of carbonyl (C=O) groups is 1. The zero-order valence-corrected chi connectivity index (χ0v) is 16.3. The lowest BCUT2D eigenvalue weighted by molar-refractivity contribution is 0.0933. The van der Waals surface area contributed by atoms with Crippen molar-refractivity contribution in [1.82, 2.24) is 15.1 Å². The molecule has 0 saturated heterocycles. The molecule has 0 bridgehead atoms. The summed E-state index contributed by atoms with van der Waals surface area (Å²) < 4.78 is 1.97. The van der Waals surface area contributed by atoms with Gasteiger partial charge in [0.15, 0.2) is 0 Å². The van der Waals surface area contributed by atoms with E-state index in [1.54, 1.807) is 0 Å². The molecule has 1 atom stereocenters. The van der Waals surface area contributed by atoms with Crippen molar-refractivity contribution in [2.24, 2.45) is 11.7 Å². The monoisotopic (exact) mass is 364 g/mol. The van der Waals surface area contributed by atoms with Crippen LogP contribution in [0.3, 0.4) is 0 Å². The van der Waals surface area contributed by atoms with E-state index >= 15 is 0 Å². The van der Waals surface area contributed by atoms with Gasteiger partial charge in [-0.3, -0.25) is 9.48 Å². The average Bonchev–Trinajstić information content (AvgIpc) is 2.84. The number of hydrogen-bond acceptors (Lipinski definition) is 3. The summed E-state index contributed by atoms with van der Waals surface area (Å²) in [5.41, 5.74) is 9.68. The highest BCUT2D eigenvalue weighted by molar-refractivity contribution is 5.94. The minimum Gasteiger partial charge on any atom is -0.348 e. The van der Waals surface area contributed by atoms with Crippen molar-refractivity contribution in [2.75, 3.05) is 6.54 Å². The lowest BCUT2D eigenvalue weighted by atomic mass is 10.0. The number of aromatic nitrogens is 2. The Morgan fingerprint density at radius 2 is 1.88 bits per heavy atom. The second kappa shape index (κ2) is 9.59. The molecule has 2 aromatic rings. The molecule has 0 aliphatic carbocycles. The van der Waals surface area contributed by atoms with Crippen LogP contribution in [0.1, 0.15) is 47.6 Å². The standard InChI is InChI=1S/C19H28N4O.ClH/c1-13(2)9-18(11-20)21-19(24)17-7-5-16(6-8-17)12-23-15(4)10-14(3)22-23;/h5-8,10,13,18H,9,11-12,20H2,1-4H3,(H,21,24);1H. The smallest absolute Gasteiger partial charge is 0.251 e. The molecule has 3 N–H and O–H groups in total. The molecule has 25 heavy (non-hydrogen) atoms. The Kier molecular flexibility index (Phi) is 8.13. The Bertz CT molecular complexity index is 679. The van der Waals surface area contributed by atoms with Gasteiger partial charge >= 0.3 is 0 Å². The van der Waals surface area contributed by atoms with Crippen LogP contribution in [0.5, 0.6) is 0 Å². The van der Waals surface area contributed by atoms with Crippen molar-refractivity contribution in [3.8, 4) is 0 Å². The fourth-order valence-electron chi connectivity index (χ4n) is 2.82. The van der Waals surface area contributed by atoms with Crippen LogP contribution >= 0.6 is 12.4 Å². The molecule has 6 heteroatoms. The molecule has 1 heterocycles. The zero-order valence-electron chi connectivity index (χ0n) is 15.5. The summed E-state index contributed by atoms with van der Waals surface area (Å²) in [5, 5.41) is 7.48. The van der Waals surface area contributed by atoms with Crippen LogP contribution < -0.4 is 11.1 Å². The highest BCUT2D eigenvalue weighted by atomic mass is 35.5. The summed E-state index contributed by atoms with van der Waals surface area (Å²) in [6.45, 7) is 9.46. The van der Waals surface area contributed by atoms with Crippen LogP contribution in [0.15, 0.2) is 30.3 Å². The number of nitrogens with one attached hydrogen (secondary N) is 1. The number of halogens is 1. The molecular weight excluding hydrogens is 336 g/mol. The molecule has 5 nitrogen and oxygen atoms in total. The predicted molar refractivity (Wildman–Crippen MR) is 104 cm³/mol. The highest BCUT2D eigenvalue weighted by Gasteiger charge is 2.14. The molecule has 0 spiro atoms. The van der Waals surface area contributed by atoms with Crippen LogP contribution in [0.4, 0.5) is 0 Å². The van der Waals surface area contributed by atoms with Crippen LogP contribution in [0, 0.1) is 19.8 Å². The predicted octanol–water partition coefficient (Wildman–Crippen LogP) is 3.07. The van der Waals surface area contributed by atoms with Gasteiger partial charge < -0.3 is 11.1 Å². The van der Waals surface area contributed by atoms with Gasteiger partial charge in [0.1, 0.15) is 0 Å². The van der Waals surface area contributed by atoms with Crippen molar-refractivity contribution in [3.63, 3.8) is 0 Å². The lowest BCUT2D eigenvalue weighted by Gasteiger charge is -2.18. The minimum atomic E-state index is -0.0660. The van der Waals surface area contributed by atoms with Gasteiger partial charge in [0.2, 0.25) is 0 Å². The molecule has 2 rings (SSSR count). The Labute approximate surface area is 156 Å². The first kappa shape index (κ1) is 21.2. The second-order valence-corrected chi connectivity index (χ2v) is 6.82. The number of nitrogens with zero attached hydrogens (tertiary/aromatic N) is 2. The molecule has 1 amide bonds. The fraction of sp³-hybridized carbons (Fsp3) is 0.474. The average molecular weight is 365 g/mol. The van der Waals surface area contributed by atoms with Gasteiger partial charge in [-0.2, -0.15) is 5.10 Å². The van der Waals surface area contributed by atoms with Crippen molar-refractivity contribution in [1.29, 1.82) is 0 Å². The normalized spacial score (nSPS) is 11.9. The molecule has 0 aliphatic heterocycles. The van der Waals surface area contributed by atoms with Gasteiger partial charge in [-0.15, -0.1) is 12.4 Å². The first-order valence-electron chi connectivity index (χ1n) is 8.50. The first-order valence-corrected chi connectivity index (χ1v) is 8.50. The first-order chi connectivity index (χ1) is 11.4. The molecule has 0 radical (unpaired) electrons. The van der Waals surface area contributed by atoms with Crippen LogP contribution in [0.2, 0.25) is 0 Å². The largest absolute Gasteiger partial charge is 0.348 e. The Balaban J connectivity index is 0.00000312. The van der Waals surface area contributed by atoms with E-state index in [0.717, 1.165) is 23.4 Å². The molecule has 0 saturated carbocycles. The maximum Gasteiger partial charge on any atom is 0.251 e. The molecule has 1 aromatic carbocycles. The second-order valence-electron chi connectivity index (χ2n) is 6.82. The number of nitrogens with two attached hydrogens (primary N) is 1. The molecular formula is C19H29ClN4O. The number of hydrogen-bond donors (Lipinski definition) is 2. The summed E-state index contributed by atoms with van der Waals surface area (Å²) in [6, 6.07) is 9.76. The van der Waals surface area contributed by atoms with Gasteiger partial charge in [0.05, 0.1) is 12.2 Å². The number of amides is 1. The molecule has 1 unspecified atom stereocenters. The third-order valence-corrected chi connectivity index (χ3v) is 4.03. The van der Waals surface area contributed by atoms with Crippen molar-refractivity contribution >= 4 is 18.3 Å². The van der Waals surface area contributed by atoms with Crippen molar-refractivity contribution < 1.29 is 4.79 Å². The highest BCUT2D eigenvalue weighted by Crippen LogP contribution is 2.10. The van der Waals surface area contributed by atoms with Gasteiger partial charge in [0, 0.05) is 23.8 Å². The zero-order chi connectivity index (χ0) is 17.7. The van der Waals surface area contributed by atoms with Crippen LogP contribution in [0.25, 0.3) is 0 Å². The summed E-state index contributed by atoms with van der Waals surface area (Å²) in [5.74, 6) is 0.436. The number of benzene rings is 1. The quantitative estimate of drug-likeness (QED) is 0.792. The number of carbonyl (C=O) groups excluding carboxylic acids is 1.